The maximum absolute atomic E-state index is 11.9. The van der Waals surface area contributed by atoms with Crippen molar-refractivity contribution in [1.82, 2.24) is 4.90 Å². The van der Waals surface area contributed by atoms with E-state index in [1.807, 2.05) is 0 Å². The van der Waals surface area contributed by atoms with E-state index >= 15 is 0 Å². The molecule has 0 aromatic heterocycles. The molecule has 1 heterocycles. The highest BCUT2D eigenvalue weighted by Crippen LogP contribution is 2.21. The zero-order valence-corrected chi connectivity index (χ0v) is 7.38. The van der Waals surface area contributed by atoms with E-state index in [1.54, 1.807) is 0 Å². The lowest BCUT2D eigenvalue weighted by Crippen LogP contribution is -2.35. The van der Waals surface area contributed by atoms with Gasteiger partial charge in [0.2, 0.25) is 0 Å². The van der Waals surface area contributed by atoms with E-state index in [4.69, 9.17) is 5.73 Å². The van der Waals surface area contributed by atoms with Gasteiger partial charge in [0.25, 0.3) is 0 Å². The molecule has 0 aromatic carbocycles. The van der Waals surface area contributed by atoms with Gasteiger partial charge < -0.3 is 10.5 Å². The van der Waals surface area contributed by atoms with E-state index in [-0.39, 0.29) is 13.1 Å². The SMILES string of the molecule is NCCC1CN(CC(F)(F)F)C(=O)O1. The molecule has 1 aliphatic rings. The fraction of sp³-hybridized carbons (Fsp3) is 0.857. The summed E-state index contributed by atoms with van der Waals surface area (Å²) in [5.41, 5.74) is 5.19. The Morgan fingerprint density at radius 2 is 2.21 bits per heavy atom. The molecule has 1 amide bonds. The van der Waals surface area contributed by atoms with Crippen LogP contribution in [0.4, 0.5) is 18.0 Å². The number of amides is 1. The summed E-state index contributed by atoms with van der Waals surface area (Å²) >= 11 is 0. The van der Waals surface area contributed by atoms with Crippen LogP contribution < -0.4 is 5.73 Å². The van der Waals surface area contributed by atoms with Crippen molar-refractivity contribution in [2.24, 2.45) is 5.73 Å². The summed E-state index contributed by atoms with van der Waals surface area (Å²) in [6.45, 7) is -1.000. The van der Waals surface area contributed by atoms with E-state index in [9.17, 15) is 18.0 Å². The number of cyclic esters (lactones) is 1. The van der Waals surface area contributed by atoms with E-state index in [1.165, 1.54) is 0 Å². The lowest BCUT2D eigenvalue weighted by Gasteiger charge is -2.14. The molecule has 0 aromatic rings. The standard InChI is InChI=1S/C7H11F3N2O2/c8-7(9,10)4-12-3-5(1-2-11)14-6(12)13/h5H,1-4,11H2. The third-order valence-electron chi connectivity index (χ3n) is 1.81. The van der Waals surface area contributed by atoms with Crippen LogP contribution >= 0.6 is 0 Å². The minimum atomic E-state index is -4.38. The second kappa shape index (κ2) is 4.04. The number of hydrogen-bond acceptors (Lipinski definition) is 3. The largest absolute Gasteiger partial charge is 0.444 e. The molecule has 1 rings (SSSR count). The van der Waals surface area contributed by atoms with Crippen LogP contribution in [0, 0.1) is 0 Å². The van der Waals surface area contributed by atoms with Crippen LogP contribution in [-0.4, -0.2) is 42.9 Å². The van der Waals surface area contributed by atoms with Gasteiger partial charge in [0.05, 0.1) is 6.54 Å². The smallest absolute Gasteiger partial charge is 0.410 e. The van der Waals surface area contributed by atoms with Crippen LogP contribution in [0.3, 0.4) is 0 Å². The predicted octanol–water partition coefficient (Wildman–Crippen LogP) is 0.718. The number of halogens is 3. The Morgan fingerprint density at radius 3 is 2.71 bits per heavy atom. The van der Waals surface area contributed by atoms with Gasteiger partial charge in [-0.1, -0.05) is 0 Å². The van der Waals surface area contributed by atoms with Crippen molar-refractivity contribution in [2.45, 2.75) is 18.7 Å². The fourth-order valence-corrected chi connectivity index (χ4v) is 1.26. The Labute approximate surface area is 78.8 Å². The van der Waals surface area contributed by atoms with Crippen LogP contribution in [-0.2, 0) is 4.74 Å². The number of carbonyl (C=O) groups is 1. The Bertz CT molecular complexity index is 219. The number of carbonyl (C=O) groups excluding carboxylic acids is 1. The number of hydrogen-bond donors (Lipinski definition) is 1. The molecular weight excluding hydrogens is 201 g/mol. The zero-order valence-electron chi connectivity index (χ0n) is 7.38. The molecule has 0 saturated carbocycles. The van der Waals surface area contributed by atoms with Crippen LogP contribution in [0.2, 0.25) is 0 Å². The molecule has 1 saturated heterocycles. The third-order valence-corrected chi connectivity index (χ3v) is 1.81. The van der Waals surface area contributed by atoms with Gasteiger partial charge in [0.1, 0.15) is 12.6 Å². The zero-order chi connectivity index (χ0) is 10.8. The molecule has 7 heteroatoms. The van der Waals surface area contributed by atoms with Gasteiger partial charge in [0, 0.05) is 0 Å². The maximum atomic E-state index is 11.9. The molecule has 1 atom stereocenters. The molecule has 14 heavy (non-hydrogen) atoms. The lowest BCUT2D eigenvalue weighted by molar-refractivity contribution is -0.138. The average Bonchev–Trinajstić information content (AvgIpc) is 2.29. The van der Waals surface area contributed by atoms with Crippen LogP contribution in [0.1, 0.15) is 6.42 Å². The first kappa shape index (κ1) is 11.1. The summed E-state index contributed by atoms with van der Waals surface area (Å²) < 4.78 is 40.4. The minimum Gasteiger partial charge on any atom is -0.444 e. The average molecular weight is 212 g/mol. The van der Waals surface area contributed by atoms with Crippen molar-refractivity contribution < 1.29 is 22.7 Å². The molecule has 0 radical (unpaired) electrons. The summed E-state index contributed by atoms with van der Waals surface area (Å²) in [5, 5.41) is 0. The fourth-order valence-electron chi connectivity index (χ4n) is 1.26. The first-order valence-corrected chi connectivity index (χ1v) is 4.15. The summed E-state index contributed by atoms with van der Waals surface area (Å²) in [4.78, 5) is 11.5. The highest BCUT2D eigenvalue weighted by molar-refractivity contribution is 5.69. The lowest BCUT2D eigenvalue weighted by atomic mass is 10.2. The number of nitrogens with zero attached hydrogens (tertiary/aromatic N) is 1. The molecule has 4 nitrogen and oxygen atoms in total. The topological polar surface area (TPSA) is 55.6 Å². The number of rotatable bonds is 3. The Balaban J connectivity index is 2.45. The summed E-state index contributed by atoms with van der Waals surface area (Å²) in [6.07, 6.45) is -5.41. The summed E-state index contributed by atoms with van der Waals surface area (Å²) in [7, 11) is 0. The molecule has 1 unspecified atom stereocenters. The van der Waals surface area contributed by atoms with Crippen LogP contribution in [0.15, 0.2) is 0 Å². The van der Waals surface area contributed by atoms with Gasteiger partial charge >= 0.3 is 12.3 Å². The monoisotopic (exact) mass is 212 g/mol. The van der Waals surface area contributed by atoms with E-state index in [0.717, 1.165) is 0 Å². The van der Waals surface area contributed by atoms with Gasteiger partial charge in [-0.05, 0) is 13.0 Å². The van der Waals surface area contributed by atoms with E-state index in [2.05, 4.69) is 4.74 Å². The number of alkyl halides is 3. The van der Waals surface area contributed by atoms with Gasteiger partial charge in [-0.2, -0.15) is 13.2 Å². The Kier molecular flexibility index (Phi) is 3.20. The number of ether oxygens (including phenoxy) is 1. The predicted molar refractivity (Wildman–Crippen MR) is 41.6 cm³/mol. The van der Waals surface area contributed by atoms with Gasteiger partial charge in [-0.25, -0.2) is 4.79 Å². The molecule has 82 valence electrons. The molecular formula is C7H11F3N2O2. The third kappa shape index (κ3) is 3.06. The van der Waals surface area contributed by atoms with Gasteiger partial charge in [0.15, 0.2) is 0 Å². The molecule has 0 bridgehead atoms. The van der Waals surface area contributed by atoms with Gasteiger partial charge in [-0.15, -0.1) is 0 Å². The van der Waals surface area contributed by atoms with Crippen molar-refractivity contribution in [3.63, 3.8) is 0 Å². The van der Waals surface area contributed by atoms with Crippen molar-refractivity contribution >= 4 is 6.09 Å². The van der Waals surface area contributed by atoms with Crippen molar-refractivity contribution in [1.29, 1.82) is 0 Å². The van der Waals surface area contributed by atoms with E-state index < -0.39 is 24.9 Å². The molecule has 0 spiro atoms. The van der Waals surface area contributed by atoms with E-state index in [0.29, 0.717) is 11.3 Å². The number of nitrogens with two attached hydrogens (primary N) is 1. The van der Waals surface area contributed by atoms with Crippen LogP contribution in [0.5, 0.6) is 0 Å². The first-order chi connectivity index (χ1) is 6.42. The molecule has 1 fully saturated rings. The molecule has 1 aliphatic heterocycles. The highest BCUT2D eigenvalue weighted by atomic mass is 19.4. The van der Waals surface area contributed by atoms with Crippen molar-refractivity contribution in [3.8, 4) is 0 Å². The second-order valence-electron chi connectivity index (χ2n) is 3.08. The van der Waals surface area contributed by atoms with Crippen molar-refractivity contribution in [3.05, 3.63) is 0 Å². The van der Waals surface area contributed by atoms with Crippen molar-refractivity contribution in [2.75, 3.05) is 19.6 Å². The summed E-state index contributed by atoms with van der Waals surface area (Å²) in [5.74, 6) is 0. The normalized spacial score (nSPS) is 22.7. The Hall–Kier alpha value is -0.980. The Morgan fingerprint density at radius 1 is 1.57 bits per heavy atom. The first-order valence-electron chi connectivity index (χ1n) is 4.15. The molecule has 2 N–H and O–H groups in total. The highest BCUT2D eigenvalue weighted by Gasteiger charge is 2.39. The minimum absolute atomic E-state index is 0.0322. The molecule has 0 aliphatic carbocycles. The maximum Gasteiger partial charge on any atom is 0.410 e. The van der Waals surface area contributed by atoms with Gasteiger partial charge in [-0.3, -0.25) is 4.90 Å². The van der Waals surface area contributed by atoms with Crippen LogP contribution in [0.25, 0.3) is 0 Å². The quantitative estimate of drug-likeness (QED) is 0.749. The second-order valence-corrected chi connectivity index (χ2v) is 3.08. The summed E-state index contributed by atoms with van der Waals surface area (Å²) in [6, 6.07) is 0.